The van der Waals surface area contributed by atoms with Gasteiger partial charge in [-0.05, 0) is 24.5 Å². The van der Waals surface area contributed by atoms with Crippen LogP contribution >= 0.6 is 0 Å². The number of fused-ring (bicyclic) bond motifs is 1. The van der Waals surface area contributed by atoms with E-state index in [4.69, 9.17) is 4.74 Å². The first-order valence-corrected chi connectivity index (χ1v) is 11.0. The van der Waals surface area contributed by atoms with E-state index in [-0.39, 0.29) is 31.1 Å². The zero-order chi connectivity index (χ0) is 22.8. The second-order valence-corrected chi connectivity index (χ2v) is 8.17. The lowest BCUT2D eigenvalue weighted by atomic mass is 10.1. The number of benzene rings is 1. The molecule has 0 bridgehead atoms. The fraction of sp³-hybridized carbons (Fsp3) is 0.348. The second kappa shape index (κ2) is 8.89. The number of carbonyl (C=O) groups is 3. The minimum atomic E-state index is -0.436. The van der Waals surface area contributed by atoms with Crippen LogP contribution in [0.15, 0.2) is 48.8 Å². The van der Waals surface area contributed by atoms with Crippen molar-refractivity contribution in [2.45, 2.75) is 31.9 Å². The molecule has 1 N–H and O–H groups in total. The summed E-state index contributed by atoms with van der Waals surface area (Å²) < 4.78 is 7.32. The van der Waals surface area contributed by atoms with Crippen molar-refractivity contribution in [2.24, 2.45) is 0 Å². The lowest BCUT2D eigenvalue weighted by Gasteiger charge is -2.31. The van der Waals surface area contributed by atoms with Crippen LogP contribution in [0.4, 0.5) is 15.3 Å². The van der Waals surface area contributed by atoms with Crippen LogP contribution in [0, 0.1) is 0 Å². The molecule has 10 heteroatoms. The third-order valence-electron chi connectivity index (χ3n) is 6.09. The van der Waals surface area contributed by atoms with E-state index in [2.05, 4.69) is 15.4 Å². The van der Waals surface area contributed by atoms with Gasteiger partial charge in [-0.1, -0.05) is 30.3 Å². The summed E-state index contributed by atoms with van der Waals surface area (Å²) in [6.07, 6.45) is 4.75. The summed E-state index contributed by atoms with van der Waals surface area (Å²) in [5.74, 6) is -0.272. The number of anilines is 1. The van der Waals surface area contributed by atoms with Crippen molar-refractivity contribution in [2.75, 3.05) is 24.5 Å². The summed E-state index contributed by atoms with van der Waals surface area (Å²) in [5.41, 5.74) is 2.32. The molecule has 0 spiro atoms. The molecular weight excluding hydrogens is 424 g/mol. The Bertz CT molecular complexity index is 1190. The molecule has 10 nitrogen and oxygen atoms in total. The topological polar surface area (TPSA) is 110 Å². The van der Waals surface area contributed by atoms with Gasteiger partial charge in [-0.3, -0.25) is 15.0 Å². The van der Waals surface area contributed by atoms with E-state index in [9.17, 15) is 14.4 Å². The summed E-state index contributed by atoms with van der Waals surface area (Å²) >= 11 is 0. The number of aromatic nitrogens is 3. The third-order valence-corrected chi connectivity index (χ3v) is 6.09. The lowest BCUT2D eigenvalue weighted by Crippen LogP contribution is -2.49. The number of ether oxygens (including phenoxy) is 1. The number of nitrogens with zero attached hydrogens (tertiary/aromatic N) is 5. The number of pyridine rings is 1. The molecule has 0 atom stereocenters. The molecule has 4 amide bonds. The largest absolute Gasteiger partial charge is 0.445 e. The van der Waals surface area contributed by atoms with Crippen LogP contribution in [0.5, 0.6) is 0 Å². The van der Waals surface area contributed by atoms with Crippen LogP contribution in [-0.4, -0.2) is 57.3 Å². The van der Waals surface area contributed by atoms with Gasteiger partial charge in [-0.15, -0.1) is 0 Å². The molecule has 1 aromatic carbocycles. The fourth-order valence-corrected chi connectivity index (χ4v) is 4.33. The molecule has 2 aliphatic rings. The first kappa shape index (κ1) is 20.9. The van der Waals surface area contributed by atoms with Gasteiger partial charge in [0.25, 0.3) is 0 Å². The van der Waals surface area contributed by atoms with E-state index in [1.807, 2.05) is 35.0 Å². The number of hydrogen-bond acceptors (Lipinski definition) is 6. The molecule has 0 saturated carbocycles. The number of urea groups is 1. The minimum absolute atomic E-state index is 0.0835. The molecule has 0 unspecified atom stereocenters. The Balaban J connectivity index is 1.25. The summed E-state index contributed by atoms with van der Waals surface area (Å²) in [6, 6.07) is 11.0. The standard InChI is InChI=1S/C23H24N6O4/c30-20-9-13-28(22(31)26-20)19-6-10-24-21-18(19)14-25-29(21)17-7-11-27(12-8-17)23(32)33-15-16-4-2-1-3-5-16/h1-6,10,14,17H,7-9,11-13,15H2,(H,26,30,31). The van der Waals surface area contributed by atoms with E-state index in [1.54, 1.807) is 28.3 Å². The molecule has 5 rings (SSSR count). The zero-order valence-electron chi connectivity index (χ0n) is 18.0. The molecule has 33 heavy (non-hydrogen) atoms. The van der Waals surface area contributed by atoms with Crippen molar-refractivity contribution in [1.29, 1.82) is 0 Å². The summed E-state index contributed by atoms with van der Waals surface area (Å²) in [5, 5.41) is 7.66. The van der Waals surface area contributed by atoms with Crippen LogP contribution in [0.1, 0.15) is 30.9 Å². The Morgan fingerprint density at radius 3 is 2.64 bits per heavy atom. The molecular formula is C23H24N6O4. The second-order valence-electron chi connectivity index (χ2n) is 8.17. The van der Waals surface area contributed by atoms with Gasteiger partial charge in [0.2, 0.25) is 5.91 Å². The zero-order valence-corrected chi connectivity index (χ0v) is 18.0. The molecule has 0 radical (unpaired) electrons. The number of piperidine rings is 1. The van der Waals surface area contributed by atoms with Gasteiger partial charge in [0, 0.05) is 32.3 Å². The Hall–Kier alpha value is -3.95. The summed E-state index contributed by atoms with van der Waals surface area (Å²) in [4.78, 5) is 44.0. The number of likely N-dealkylation sites (tertiary alicyclic amines) is 1. The van der Waals surface area contributed by atoms with Crippen LogP contribution in [0.25, 0.3) is 11.0 Å². The average Bonchev–Trinajstić information content (AvgIpc) is 3.28. The number of carbonyl (C=O) groups excluding carboxylic acids is 3. The molecule has 0 aliphatic carbocycles. The summed E-state index contributed by atoms with van der Waals surface area (Å²) in [6.45, 7) is 1.70. The number of hydrogen-bond donors (Lipinski definition) is 1. The van der Waals surface area contributed by atoms with Crippen LogP contribution in [0.3, 0.4) is 0 Å². The van der Waals surface area contributed by atoms with Crippen molar-refractivity contribution in [3.05, 3.63) is 54.4 Å². The summed E-state index contributed by atoms with van der Waals surface area (Å²) in [7, 11) is 0. The first-order chi connectivity index (χ1) is 16.1. The van der Waals surface area contributed by atoms with Gasteiger partial charge < -0.3 is 9.64 Å². The van der Waals surface area contributed by atoms with Gasteiger partial charge in [-0.2, -0.15) is 5.10 Å². The predicted octanol–water partition coefficient (Wildman–Crippen LogP) is 2.85. The Labute approximate surface area is 190 Å². The quantitative estimate of drug-likeness (QED) is 0.657. The molecule has 2 aromatic heterocycles. The number of nitrogens with one attached hydrogen (secondary N) is 1. The first-order valence-electron chi connectivity index (χ1n) is 11.0. The van der Waals surface area contributed by atoms with Crippen LogP contribution in [0.2, 0.25) is 0 Å². The van der Waals surface area contributed by atoms with Gasteiger partial charge in [-0.25, -0.2) is 19.3 Å². The van der Waals surface area contributed by atoms with Crippen molar-refractivity contribution in [1.82, 2.24) is 25.0 Å². The molecule has 2 saturated heterocycles. The van der Waals surface area contributed by atoms with Crippen molar-refractivity contribution in [3.63, 3.8) is 0 Å². The van der Waals surface area contributed by atoms with Crippen LogP contribution < -0.4 is 10.2 Å². The Kier molecular flexibility index (Phi) is 5.64. The van der Waals surface area contributed by atoms with Gasteiger partial charge >= 0.3 is 12.1 Å². The van der Waals surface area contributed by atoms with Crippen molar-refractivity contribution >= 4 is 34.8 Å². The number of rotatable bonds is 4. The number of amides is 4. The molecule has 2 aliphatic heterocycles. The smallest absolute Gasteiger partial charge is 0.410 e. The van der Waals surface area contributed by atoms with Crippen molar-refractivity contribution < 1.29 is 19.1 Å². The highest BCUT2D eigenvalue weighted by Gasteiger charge is 2.29. The fourth-order valence-electron chi connectivity index (χ4n) is 4.33. The van der Waals surface area contributed by atoms with Crippen molar-refractivity contribution in [3.8, 4) is 0 Å². The predicted molar refractivity (Wildman–Crippen MR) is 120 cm³/mol. The maximum absolute atomic E-state index is 12.5. The Morgan fingerprint density at radius 2 is 1.88 bits per heavy atom. The maximum atomic E-state index is 12.5. The van der Waals surface area contributed by atoms with E-state index in [1.165, 1.54) is 0 Å². The average molecular weight is 448 g/mol. The highest BCUT2D eigenvalue weighted by Crippen LogP contribution is 2.31. The van der Waals surface area contributed by atoms with Gasteiger partial charge in [0.1, 0.15) is 6.61 Å². The Morgan fingerprint density at radius 1 is 1.09 bits per heavy atom. The van der Waals surface area contributed by atoms with Gasteiger partial charge in [0.15, 0.2) is 5.65 Å². The highest BCUT2D eigenvalue weighted by molar-refractivity contribution is 6.09. The van der Waals surface area contributed by atoms with E-state index in [0.717, 1.165) is 23.8 Å². The van der Waals surface area contributed by atoms with E-state index < -0.39 is 6.03 Å². The monoisotopic (exact) mass is 448 g/mol. The molecule has 2 fully saturated rings. The van der Waals surface area contributed by atoms with Crippen LogP contribution in [-0.2, 0) is 16.1 Å². The highest BCUT2D eigenvalue weighted by atomic mass is 16.6. The molecule has 4 heterocycles. The lowest BCUT2D eigenvalue weighted by molar-refractivity contribution is -0.120. The maximum Gasteiger partial charge on any atom is 0.410 e. The minimum Gasteiger partial charge on any atom is -0.445 e. The van der Waals surface area contributed by atoms with Gasteiger partial charge in [0.05, 0.1) is 23.3 Å². The number of imide groups is 1. The molecule has 3 aromatic rings. The third kappa shape index (κ3) is 4.23. The SMILES string of the molecule is O=C1CCN(c2ccnc3c2cnn3C2CCN(C(=O)OCc3ccccc3)CC2)C(=O)N1. The van der Waals surface area contributed by atoms with E-state index >= 15 is 0 Å². The molecule has 170 valence electrons. The van der Waals surface area contributed by atoms with E-state index in [0.29, 0.717) is 31.0 Å². The normalized spacial score (nSPS) is 17.3.